The zero-order valence-electron chi connectivity index (χ0n) is 15.4. The summed E-state index contributed by atoms with van der Waals surface area (Å²) in [5.74, 6) is -0.155. The molecule has 5 heteroatoms. The van der Waals surface area contributed by atoms with E-state index in [1.54, 1.807) is 4.90 Å². The minimum atomic E-state index is -0.0864. The predicted molar refractivity (Wildman–Crippen MR) is 106 cm³/mol. The van der Waals surface area contributed by atoms with Crippen LogP contribution in [0.3, 0.4) is 0 Å². The number of anilines is 3. The van der Waals surface area contributed by atoms with Gasteiger partial charge in [0.15, 0.2) is 0 Å². The number of unbranched alkanes of at least 4 members (excludes halogenated alkanes) is 1. The summed E-state index contributed by atoms with van der Waals surface area (Å²) < 4.78 is 0. The summed E-state index contributed by atoms with van der Waals surface area (Å²) in [6, 6.07) is 15.1. The van der Waals surface area contributed by atoms with Crippen molar-refractivity contribution in [2.24, 2.45) is 0 Å². The molecule has 2 aromatic rings. The average Bonchev–Trinajstić information content (AvgIpc) is 2.84. The lowest BCUT2D eigenvalue weighted by atomic mass is 10.1. The molecule has 136 valence electrons. The molecule has 3 rings (SSSR count). The van der Waals surface area contributed by atoms with E-state index in [1.807, 2.05) is 48.5 Å². The van der Waals surface area contributed by atoms with Gasteiger partial charge in [-0.1, -0.05) is 25.5 Å². The van der Waals surface area contributed by atoms with Crippen molar-refractivity contribution in [1.29, 1.82) is 0 Å². The van der Waals surface area contributed by atoms with E-state index in [1.165, 1.54) is 0 Å². The highest BCUT2D eigenvalue weighted by Gasteiger charge is 2.24. The van der Waals surface area contributed by atoms with Crippen LogP contribution in [0.1, 0.15) is 36.5 Å². The Hall–Kier alpha value is -2.82. The summed E-state index contributed by atoms with van der Waals surface area (Å²) in [5, 5.41) is 2.86. The van der Waals surface area contributed by atoms with Gasteiger partial charge < -0.3 is 15.1 Å². The van der Waals surface area contributed by atoms with Crippen LogP contribution < -0.4 is 15.1 Å². The number of nitrogens with zero attached hydrogens (tertiary/aromatic N) is 2. The zero-order chi connectivity index (χ0) is 18.5. The lowest BCUT2D eigenvalue weighted by molar-refractivity contribution is -0.115. The van der Waals surface area contributed by atoms with Gasteiger partial charge in [0.25, 0.3) is 5.91 Å². The lowest BCUT2D eigenvalue weighted by Crippen LogP contribution is -2.32. The molecule has 1 aliphatic heterocycles. The number of fused-ring (bicyclic) bond motifs is 1. The first-order chi connectivity index (χ1) is 12.6. The van der Waals surface area contributed by atoms with Crippen LogP contribution >= 0.6 is 0 Å². The molecule has 0 radical (unpaired) electrons. The molecule has 1 heterocycles. The normalized spacial score (nSPS) is 13.6. The largest absolute Gasteiger partial charge is 0.375 e. The van der Waals surface area contributed by atoms with Crippen molar-refractivity contribution in [2.75, 3.05) is 35.3 Å². The molecule has 5 nitrogen and oxygen atoms in total. The topological polar surface area (TPSA) is 52.7 Å². The fourth-order valence-corrected chi connectivity index (χ4v) is 3.11. The van der Waals surface area contributed by atoms with E-state index in [-0.39, 0.29) is 18.2 Å². The second-order valence-electron chi connectivity index (χ2n) is 6.59. The van der Waals surface area contributed by atoms with Gasteiger partial charge in [0, 0.05) is 37.8 Å². The van der Waals surface area contributed by atoms with Crippen LogP contribution in [0.25, 0.3) is 0 Å². The maximum atomic E-state index is 13.0. The molecule has 26 heavy (non-hydrogen) atoms. The summed E-state index contributed by atoms with van der Waals surface area (Å²) in [4.78, 5) is 28.8. The highest BCUT2D eigenvalue weighted by Crippen LogP contribution is 2.30. The van der Waals surface area contributed by atoms with Gasteiger partial charge >= 0.3 is 0 Å². The number of rotatable bonds is 5. The van der Waals surface area contributed by atoms with Crippen LogP contribution in [0.15, 0.2) is 48.5 Å². The van der Waals surface area contributed by atoms with E-state index < -0.39 is 0 Å². The van der Waals surface area contributed by atoms with E-state index in [4.69, 9.17) is 0 Å². The van der Waals surface area contributed by atoms with Crippen LogP contribution in [0.5, 0.6) is 0 Å². The van der Waals surface area contributed by atoms with Gasteiger partial charge in [0.05, 0.1) is 11.4 Å². The molecule has 0 spiro atoms. The maximum absolute atomic E-state index is 13.0. The fourth-order valence-electron chi connectivity index (χ4n) is 3.11. The summed E-state index contributed by atoms with van der Waals surface area (Å²) in [5.41, 5.74) is 3.15. The van der Waals surface area contributed by atoms with Crippen molar-refractivity contribution in [2.45, 2.75) is 26.2 Å². The van der Waals surface area contributed by atoms with Crippen molar-refractivity contribution in [3.63, 3.8) is 0 Å². The van der Waals surface area contributed by atoms with Crippen molar-refractivity contribution in [1.82, 2.24) is 0 Å². The molecule has 1 aliphatic rings. The summed E-state index contributed by atoms with van der Waals surface area (Å²) in [6.07, 6.45) is 2.59. The van der Waals surface area contributed by atoms with Gasteiger partial charge in [-0.2, -0.15) is 0 Å². The SMILES string of the molecule is CCCCN(C)c1ccc(C(=O)N2CCC(=O)Nc3ccccc32)cc1. The van der Waals surface area contributed by atoms with E-state index in [0.29, 0.717) is 17.8 Å². The number of carbonyl (C=O) groups excluding carboxylic acids is 2. The smallest absolute Gasteiger partial charge is 0.258 e. The van der Waals surface area contributed by atoms with E-state index in [0.717, 1.165) is 30.8 Å². The Balaban J connectivity index is 1.82. The Bertz CT molecular complexity index is 786. The molecule has 2 amide bonds. The summed E-state index contributed by atoms with van der Waals surface area (Å²) >= 11 is 0. The zero-order valence-corrected chi connectivity index (χ0v) is 15.4. The fraction of sp³-hybridized carbons (Fsp3) is 0.333. The van der Waals surface area contributed by atoms with E-state index >= 15 is 0 Å². The standard InChI is InChI=1S/C21H25N3O2/c1-3-4-14-23(2)17-11-9-16(10-12-17)21(26)24-15-13-20(25)22-18-7-5-6-8-19(18)24/h5-12H,3-4,13-15H2,1-2H3,(H,22,25). The van der Waals surface area contributed by atoms with Crippen molar-refractivity contribution in [3.8, 4) is 0 Å². The highest BCUT2D eigenvalue weighted by atomic mass is 16.2. The Morgan fingerprint density at radius 1 is 1.15 bits per heavy atom. The quantitative estimate of drug-likeness (QED) is 0.888. The maximum Gasteiger partial charge on any atom is 0.258 e. The number of carbonyl (C=O) groups is 2. The van der Waals surface area contributed by atoms with E-state index in [9.17, 15) is 9.59 Å². The molecular weight excluding hydrogens is 326 g/mol. The summed E-state index contributed by atoms with van der Waals surface area (Å²) in [7, 11) is 2.06. The molecule has 0 aromatic heterocycles. The van der Waals surface area contributed by atoms with E-state index in [2.05, 4.69) is 24.2 Å². The second-order valence-corrected chi connectivity index (χ2v) is 6.59. The summed E-state index contributed by atoms with van der Waals surface area (Å²) in [6.45, 7) is 3.55. The molecular formula is C21H25N3O2. The van der Waals surface area contributed by atoms with Gasteiger partial charge in [0.2, 0.25) is 5.91 Å². The first-order valence-electron chi connectivity index (χ1n) is 9.12. The van der Waals surface area contributed by atoms with Crippen LogP contribution in [0, 0.1) is 0 Å². The van der Waals surface area contributed by atoms with Crippen molar-refractivity contribution >= 4 is 28.9 Å². The Morgan fingerprint density at radius 2 is 1.88 bits per heavy atom. The predicted octanol–water partition coefficient (Wildman–Crippen LogP) is 3.91. The van der Waals surface area contributed by atoms with Crippen LogP contribution in [0.4, 0.5) is 17.1 Å². The first-order valence-corrected chi connectivity index (χ1v) is 9.12. The van der Waals surface area contributed by atoms with Crippen LogP contribution in [-0.4, -0.2) is 32.0 Å². The highest BCUT2D eigenvalue weighted by molar-refractivity contribution is 6.10. The minimum Gasteiger partial charge on any atom is -0.375 e. The number of amides is 2. The Kier molecular flexibility index (Phi) is 5.56. The van der Waals surface area contributed by atoms with Gasteiger partial charge in [-0.3, -0.25) is 9.59 Å². The third-order valence-corrected chi connectivity index (χ3v) is 4.68. The molecule has 0 bridgehead atoms. The molecule has 0 unspecified atom stereocenters. The van der Waals surface area contributed by atoms with Crippen molar-refractivity contribution < 1.29 is 9.59 Å². The first kappa shape index (κ1) is 18.0. The van der Waals surface area contributed by atoms with Crippen LogP contribution in [-0.2, 0) is 4.79 Å². The molecule has 0 fully saturated rings. The average molecular weight is 351 g/mol. The molecule has 0 saturated heterocycles. The molecule has 0 saturated carbocycles. The van der Waals surface area contributed by atoms with Gasteiger partial charge in [-0.25, -0.2) is 0 Å². The molecule has 0 atom stereocenters. The van der Waals surface area contributed by atoms with Crippen molar-refractivity contribution in [3.05, 3.63) is 54.1 Å². The minimum absolute atomic E-state index is 0.0688. The number of hydrogen-bond donors (Lipinski definition) is 1. The Labute approximate surface area is 154 Å². The van der Waals surface area contributed by atoms with Crippen LogP contribution in [0.2, 0.25) is 0 Å². The third kappa shape index (κ3) is 3.87. The van der Waals surface area contributed by atoms with Gasteiger partial charge in [0.1, 0.15) is 0 Å². The van der Waals surface area contributed by atoms with Gasteiger partial charge in [-0.15, -0.1) is 0 Å². The Morgan fingerprint density at radius 3 is 2.62 bits per heavy atom. The third-order valence-electron chi connectivity index (χ3n) is 4.68. The molecule has 0 aliphatic carbocycles. The lowest BCUT2D eigenvalue weighted by Gasteiger charge is -2.23. The molecule has 1 N–H and O–H groups in total. The van der Waals surface area contributed by atoms with Gasteiger partial charge in [-0.05, 0) is 42.8 Å². The second kappa shape index (κ2) is 8.04. The number of hydrogen-bond acceptors (Lipinski definition) is 3. The monoisotopic (exact) mass is 351 g/mol. The number of para-hydroxylation sites is 2. The number of benzene rings is 2. The molecule has 2 aromatic carbocycles. The number of nitrogens with one attached hydrogen (secondary N) is 1.